The highest BCUT2D eigenvalue weighted by molar-refractivity contribution is 5.96. The van der Waals surface area contributed by atoms with Crippen LogP contribution in [0.2, 0.25) is 0 Å². The summed E-state index contributed by atoms with van der Waals surface area (Å²) in [5, 5.41) is 1.09. The lowest BCUT2D eigenvalue weighted by molar-refractivity contribution is -0.137. The van der Waals surface area contributed by atoms with E-state index >= 15 is 0 Å². The molecule has 3 aromatic carbocycles. The molecule has 1 amide bonds. The number of hydrogen-bond donors (Lipinski definition) is 1. The SMILES string of the molecule is CN(C)CCC1(CCCc2ccccc2)c2[nH]c3ccccc3c2CCN1C(=O)c1cc(F)cc(C(F)(F)F)c1. The first-order valence-corrected chi connectivity index (χ1v) is 13.6. The lowest BCUT2D eigenvalue weighted by atomic mass is 9.77. The molecule has 5 rings (SSSR count). The Morgan fingerprint density at radius 1 is 1.00 bits per heavy atom. The maximum absolute atomic E-state index is 14.4. The minimum atomic E-state index is -4.76. The molecule has 0 bridgehead atoms. The highest BCUT2D eigenvalue weighted by atomic mass is 19.4. The summed E-state index contributed by atoms with van der Waals surface area (Å²) in [5.74, 6) is -1.67. The topological polar surface area (TPSA) is 39.3 Å². The van der Waals surface area contributed by atoms with Crippen molar-refractivity contribution in [2.24, 2.45) is 0 Å². The number of carbonyl (C=O) groups excluding carboxylic acids is 1. The predicted octanol–water partition coefficient (Wildman–Crippen LogP) is 7.19. The predicted molar refractivity (Wildman–Crippen MR) is 149 cm³/mol. The largest absolute Gasteiger partial charge is 0.416 e. The highest BCUT2D eigenvalue weighted by Crippen LogP contribution is 2.45. The van der Waals surface area contributed by atoms with Gasteiger partial charge in [0.15, 0.2) is 0 Å². The fourth-order valence-electron chi connectivity index (χ4n) is 6.04. The zero-order valence-corrected chi connectivity index (χ0v) is 22.7. The molecule has 0 saturated heterocycles. The molecule has 40 heavy (non-hydrogen) atoms. The second-order valence-corrected chi connectivity index (χ2v) is 10.9. The van der Waals surface area contributed by atoms with Crippen molar-refractivity contribution in [1.82, 2.24) is 14.8 Å². The van der Waals surface area contributed by atoms with Crippen LogP contribution in [0.4, 0.5) is 17.6 Å². The maximum atomic E-state index is 14.4. The van der Waals surface area contributed by atoms with Gasteiger partial charge < -0.3 is 14.8 Å². The van der Waals surface area contributed by atoms with Gasteiger partial charge in [-0.1, -0.05) is 48.5 Å². The van der Waals surface area contributed by atoms with Gasteiger partial charge in [0.1, 0.15) is 5.82 Å². The molecule has 1 atom stereocenters. The van der Waals surface area contributed by atoms with E-state index < -0.39 is 29.0 Å². The molecule has 0 aliphatic carbocycles. The van der Waals surface area contributed by atoms with Crippen LogP contribution in [0.25, 0.3) is 10.9 Å². The second kappa shape index (κ2) is 11.1. The van der Waals surface area contributed by atoms with Crippen molar-refractivity contribution >= 4 is 16.8 Å². The quantitative estimate of drug-likeness (QED) is 0.235. The summed E-state index contributed by atoms with van der Waals surface area (Å²) >= 11 is 0. The van der Waals surface area contributed by atoms with Crippen LogP contribution in [0.1, 0.15) is 52.0 Å². The molecule has 0 radical (unpaired) electrons. The Balaban J connectivity index is 1.62. The van der Waals surface area contributed by atoms with E-state index in [4.69, 9.17) is 0 Å². The first-order chi connectivity index (χ1) is 19.1. The van der Waals surface area contributed by atoms with Crippen LogP contribution < -0.4 is 0 Å². The minimum absolute atomic E-state index is 0.288. The molecule has 0 saturated carbocycles. The van der Waals surface area contributed by atoms with Crippen molar-refractivity contribution in [3.05, 3.63) is 107 Å². The summed E-state index contributed by atoms with van der Waals surface area (Å²) in [6, 6.07) is 20.2. The summed E-state index contributed by atoms with van der Waals surface area (Å²) in [5.41, 5.74) is 1.93. The van der Waals surface area contributed by atoms with Crippen LogP contribution in [0.5, 0.6) is 0 Å². The fourth-order valence-corrected chi connectivity index (χ4v) is 6.04. The number of benzene rings is 3. The van der Waals surface area contributed by atoms with E-state index in [1.165, 1.54) is 5.56 Å². The first-order valence-electron chi connectivity index (χ1n) is 13.6. The number of aryl methyl sites for hydroxylation is 1. The van der Waals surface area contributed by atoms with Gasteiger partial charge in [0.25, 0.3) is 5.91 Å². The maximum Gasteiger partial charge on any atom is 0.416 e. The Labute approximate surface area is 231 Å². The molecule has 1 aliphatic heterocycles. The number of nitrogens with zero attached hydrogens (tertiary/aromatic N) is 2. The average Bonchev–Trinajstić information content (AvgIpc) is 3.31. The van der Waals surface area contributed by atoms with Crippen molar-refractivity contribution in [2.45, 2.75) is 43.8 Å². The number of aromatic nitrogens is 1. The molecule has 1 N–H and O–H groups in total. The third-order valence-electron chi connectivity index (χ3n) is 7.97. The van der Waals surface area contributed by atoms with Gasteiger partial charge >= 0.3 is 6.18 Å². The molecule has 210 valence electrons. The van der Waals surface area contributed by atoms with Crippen LogP contribution in [0, 0.1) is 5.82 Å². The van der Waals surface area contributed by atoms with Gasteiger partial charge in [0.05, 0.1) is 11.1 Å². The Morgan fingerprint density at radius 3 is 2.45 bits per heavy atom. The van der Waals surface area contributed by atoms with Crippen molar-refractivity contribution < 1.29 is 22.4 Å². The fraction of sp³-hybridized carbons (Fsp3) is 0.344. The Bertz CT molecular complexity index is 1500. The van der Waals surface area contributed by atoms with Gasteiger partial charge in [0, 0.05) is 35.2 Å². The van der Waals surface area contributed by atoms with E-state index in [0.717, 1.165) is 47.1 Å². The third-order valence-corrected chi connectivity index (χ3v) is 7.97. The van der Waals surface area contributed by atoms with E-state index in [9.17, 15) is 22.4 Å². The van der Waals surface area contributed by atoms with Gasteiger partial charge in [-0.3, -0.25) is 4.79 Å². The van der Waals surface area contributed by atoms with Gasteiger partial charge in [-0.15, -0.1) is 0 Å². The molecule has 4 aromatic rings. The lowest BCUT2D eigenvalue weighted by Gasteiger charge is -2.48. The summed E-state index contributed by atoms with van der Waals surface area (Å²) in [4.78, 5) is 21.5. The second-order valence-electron chi connectivity index (χ2n) is 10.9. The molecular formula is C32H33F4N3O. The number of alkyl halides is 3. The van der Waals surface area contributed by atoms with Crippen molar-refractivity contribution in [3.8, 4) is 0 Å². The molecule has 1 aromatic heterocycles. The van der Waals surface area contributed by atoms with Gasteiger partial charge in [0.2, 0.25) is 0 Å². The first kappa shape index (κ1) is 27.9. The number of hydrogen-bond acceptors (Lipinski definition) is 2. The molecule has 2 heterocycles. The molecule has 8 heteroatoms. The molecule has 1 aliphatic rings. The summed E-state index contributed by atoms with van der Waals surface area (Å²) in [6.45, 7) is 0.977. The van der Waals surface area contributed by atoms with E-state index in [1.807, 2.05) is 55.4 Å². The molecule has 1 unspecified atom stereocenters. The standard InChI is InChI=1S/C32H33F4N3O/c1-38(2)18-16-31(15-8-11-22-9-4-3-5-10-22)29-27(26-12-6-7-13-28(26)37-29)14-17-39(31)30(40)23-19-24(32(34,35)36)21-25(33)20-23/h3-7,9-10,12-13,19-21,37H,8,11,14-18H2,1-2H3. The number of para-hydroxylation sites is 1. The highest BCUT2D eigenvalue weighted by Gasteiger charge is 2.47. The van der Waals surface area contributed by atoms with E-state index in [-0.39, 0.29) is 5.56 Å². The van der Waals surface area contributed by atoms with Crippen LogP contribution >= 0.6 is 0 Å². The number of fused-ring (bicyclic) bond motifs is 3. The number of aromatic amines is 1. The summed E-state index contributed by atoms with van der Waals surface area (Å²) < 4.78 is 55.1. The Morgan fingerprint density at radius 2 is 1.73 bits per heavy atom. The summed E-state index contributed by atoms with van der Waals surface area (Å²) in [6.07, 6.45) is -1.49. The normalized spacial score (nSPS) is 17.4. The van der Waals surface area contributed by atoms with E-state index in [0.29, 0.717) is 38.4 Å². The molecular weight excluding hydrogens is 518 g/mol. The van der Waals surface area contributed by atoms with E-state index in [2.05, 4.69) is 23.2 Å². The molecule has 0 fully saturated rings. The number of nitrogens with one attached hydrogen (secondary N) is 1. The van der Waals surface area contributed by atoms with Crippen LogP contribution in [-0.2, 0) is 24.6 Å². The zero-order chi connectivity index (χ0) is 28.5. The molecule has 4 nitrogen and oxygen atoms in total. The lowest BCUT2D eigenvalue weighted by Crippen LogP contribution is -2.54. The average molecular weight is 552 g/mol. The van der Waals surface area contributed by atoms with Crippen molar-refractivity contribution in [3.63, 3.8) is 0 Å². The summed E-state index contributed by atoms with van der Waals surface area (Å²) in [7, 11) is 3.92. The van der Waals surface area contributed by atoms with Gasteiger partial charge in [-0.05, 0) is 81.6 Å². The molecule has 0 spiro atoms. The zero-order valence-electron chi connectivity index (χ0n) is 22.7. The van der Waals surface area contributed by atoms with Gasteiger partial charge in [-0.2, -0.15) is 13.2 Å². The monoisotopic (exact) mass is 551 g/mol. The smallest absolute Gasteiger partial charge is 0.356 e. The van der Waals surface area contributed by atoms with Gasteiger partial charge in [-0.25, -0.2) is 4.39 Å². The Kier molecular flexibility index (Phi) is 7.73. The Hall–Kier alpha value is -3.65. The third kappa shape index (κ3) is 5.50. The van der Waals surface area contributed by atoms with Crippen molar-refractivity contribution in [1.29, 1.82) is 0 Å². The number of H-pyrrole nitrogens is 1. The van der Waals surface area contributed by atoms with Crippen LogP contribution in [0.3, 0.4) is 0 Å². The van der Waals surface area contributed by atoms with Crippen molar-refractivity contribution in [2.75, 3.05) is 27.2 Å². The minimum Gasteiger partial charge on any atom is -0.356 e. The van der Waals surface area contributed by atoms with E-state index in [1.54, 1.807) is 4.90 Å². The van der Waals surface area contributed by atoms with Crippen LogP contribution in [0.15, 0.2) is 72.8 Å². The van der Waals surface area contributed by atoms with Crippen LogP contribution in [-0.4, -0.2) is 47.9 Å². The number of carbonyl (C=O) groups is 1. The number of rotatable bonds is 8. The number of amides is 1. The number of halogens is 4.